The first kappa shape index (κ1) is 27.0. The molecule has 0 radical (unpaired) electrons. The SMILES string of the molecule is CC(=O)OC1=CC2=CCC3C(CCC4(C)C(OC(=O)C(F)(F)C(F)(F)C(F)(F)F)CCC34)C2(C)CC1. The number of halogens is 7. The zero-order chi connectivity index (χ0) is 26.9. The molecule has 6 unspecified atom stereocenters. The minimum absolute atomic E-state index is 0.0701. The van der Waals surface area contributed by atoms with E-state index in [2.05, 4.69) is 13.0 Å². The Hall–Kier alpha value is -2.07. The summed E-state index contributed by atoms with van der Waals surface area (Å²) in [7, 11) is 0. The van der Waals surface area contributed by atoms with Crippen molar-refractivity contribution < 1.29 is 49.8 Å². The zero-order valence-corrected chi connectivity index (χ0v) is 20.2. The Bertz CT molecular complexity index is 1000. The molecule has 11 heteroatoms. The van der Waals surface area contributed by atoms with Crippen LogP contribution >= 0.6 is 0 Å². The Morgan fingerprint density at radius 1 is 0.972 bits per heavy atom. The first-order chi connectivity index (χ1) is 16.4. The number of hydrogen-bond donors (Lipinski definition) is 0. The van der Waals surface area contributed by atoms with E-state index in [0.29, 0.717) is 37.9 Å². The van der Waals surface area contributed by atoms with Crippen molar-refractivity contribution in [3.63, 3.8) is 0 Å². The number of carbonyl (C=O) groups is 2. The molecule has 0 aromatic heterocycles. The van der Waals surface area contributed by atoms with Crippen molar-refractivity contribution >= 4 is 11.9 Å². The maximum atomic E-state index is 13.9. The highest BCUT2D eigenvalue weighted by Gasteiger charge is 2.77. The van der Waals surface area contributed by atoms with Crippen LogP contribution in [-0.4, -0.2) is 36.1 Å². The molecule has 4 rings (SSSR count). The summed E-state index contributed by atoms with van der Waals surface area (Å²) in [5.41, 5.74) is 0.0600. The van der Waals surface area contributed by atoms with Crippen molar-refractivity contribution in [3.8, 4) is 0 Å². The second-order valence-electron chi connectivity index (χ2n) is 11.1. The monoisotopic (exact) mass is 526 g/mol. The van der Waals surface area contributed by atoms with Crippen LogP contribution in [0.15, 0.2) is 23.5 Å². The number of ether oxygens (including phenoxy) is 2. The molecule has 0 aromatic carbocycles. The minimum Gasteiger partial charge on any atom is -0.457 e. The molecule has 36 heavy (non-hydrogen) atoms. The predicted molar refractivity (Wildman–Crippen MR) is 113 cm³/mol. The molecule has 0 amide bonds. The lowest BCUT2D eigenvalue weighted by Crippen LogP contribution is -2.58. The van der Waals surface area contributed by atoms with Crippen LogP contribution in [0, 0.1) is 28.6 Å². The van der Waals surface area contributed by atoms with Crippen LogP contribution in [-0.2, 0) is 19.1 Å². The number of alkyl halides is 7. The van der Waals surface area contributed by atoms with Gasteiger partial charge in [0.1, 0.15) is 11.9 Å². The maximum Gasteiger partial charge on any atom is 0.460 e. The molecule has 6 atom stereocenters. The summed E-state index contributed by atoms with van der Waals surface area (Å²) in [6.07, 6.45) is -0.0781. The van der Waals surface area contributed by atoms with E-state index in [9.17, 15) is 40.3 Å². The lowest BCUT2D eigenvalue weighted by Gasteiger charge is -2.56. The zero-order valence-electron chi connectivity index (χ0n) is 20.2. The van der Waals surface area contributed by atoms with Crippen LogP contribution in [0.4, 0.5) is 30.7 Å². The number of esters is 2. The van der Waals surface area contributed by atoms with Gasteiger partial charge in [-0.2, -0.15) is 30.7 Å². The second kappa shape index (κ2) is 8.48. The molecule has 0 saturated heterocycles. The highest BCUT2D eigenvalue weighted by molar-refractivity contribution is 5.79. The van der Waals surface area contributed by atoms with E-state index in [1.807, 2.05) is 6.08 Å². The first-order valence-electron chi connectivity index (χ1n) is 12.1. The Balaban J connectivity index is 1.53. The highest BCUT2D eigenvalue weighted by Crippen LogP contribution is 2.65. The Labute approximate surface area is 204 Å². The van der Waals surface area contributed by atoms with Crippen LogP contribution in [0.5, 0.6) is 0 Å². The van der Waals surface area contributed by atoms with Crippen molar-refractivity contribution in [1.82, 2.24) is 0 Å². The number of hydrogen-bond acceptors (Lipinski definition) is 4. The summed E-state index contributed by atoms with van der Waals surface area (Å²) in [6, 6.07) is 0. The molecule has 0 aliphatic heterocycles. The first-order valence-corrected chi connectivity index (χ1v) is 12.1. The van der Waals surface area contributed by atoms with Crippen LogP contribution in [0.1, 0.15) is 65.7 Å². The smallest absolute Gasteiger partial charge is 0.457 e. The van der Waals surface area contributed by atoms with Crippen molar-refractivity contribution in [2.24, 2.45) is 28.6 Å². The van der Waals surface area contributed by atoms with Gasteiger partial charge in [-0.15, -0.1) is 0 Å². The number of carbonyl (C=O) groups excluding carboxylic acids is 2. The molecule has 0 spiro atoms. The standard InChI is InChI=1S/C25H29F7O4/c1-13(33)35-15-8-10-21(2)14(12-15)4-5-16-17-6-7-19(22(17,3)11-9-18(16)21)36-20(34)23(26,27)24(28,29)25(30,31)32/h4,12,16-19H,5-11H2,1-3H3. The summed E-state index contributed by atoms with van der Waals surface area (Å²) in [4.78, 5) is 23.3. The normalized spacial score (nSPS) is 36.6. The van der Waals surface area contributed by atoms with Gasteiger partial charge < -0.3 is 9.47 Å². The van der Waals surface area contributed by atoms with Gasteiger partial charge in [-0.25, -0.2) is 4.79 Å². The van der Waals surface area contributed by atoms with Gasteiger partial charge in [-0.3, -0.25) is 4.79 Å². The lowest BCUT2D eigenvalue weighted by molar-refractivity contribution is -0.349. The molecule has 202 valence electrons. The molecule has 4 aliphatic rings. The average Bonchev–Trinajstić information content (AvgIpc) is 3.09. The molecule has 0 aromatic rings. The fraction of sp³-hybridized carbons (Fsp3) is 0.760. The van der Waals surface area contributed by atoms with Gasteiger partial charge >= 0.3 is 30.0 Å². The second-order valence-corrected chi connectivity index (χ2v) is 11.1. The number of allylic oxidation sites excluding steroid dienone is 4. The lowest BCUT2D eigenvalue weighted by atomic mass is 9.48. The van der Waals surface area contributed by atoms with Gasteiger partial charge in [0.2, 0.25) is 0 Å². The van der Waals surface area contributed by atoms with Gasteiger partial charge in [0.05, 0.1) is 0 Å². The van der Waals surface area contributed by atoms with Gasteiger partial charge in [-0.05, 0) is 73.3 Å². The molecule has 4 nitrogen and oxygen atoms in total. The average molecular weight is 526 g/mol. The van der Waals surface area contributed by atoms with Crippen LogP contribution in [0.3, 0.4) is 0 Å². The summed E-state index contributed by atoms with van der Waals surface area (Å²) >= 11 is 0. The van der Waals surface area contributed by atoms with E-state index in [4.69, 9.17) is 9.47 Å². The fourth-order valence-electron chi connectivity index (χ4n) is 7.22. The molecule has 4 aliphatic carbocycles. The van der Waals surface area contributed by atoms with Crippen molar-refractivity contribution in [2.75, 3.05) is 0 Å². The molecule has 0 N–H and O–H groups in total. The van der Waals surface area contributed by atoms with Crippen molar-refractivity contribution in [1.29, 1.82) is 0 Å². The largest absolute Gasteiger partial charge is 0.460 e. The quantitative estimate of drug-likeness (QED) is 0.300. The van der Waals surface area contributed by atoms with Crippen molar-refractivity contribution in [3.05, 3.63) is 23.5 Å². The minimum atomic E-state index is -6.60. The van der Waals surface area contributed by atoms with Gasteiger partial charge in [0.15, 0.2) is 0 Å². The molecule has 0 heterocycles. The number of fused-ring (bicyclic) bond motifs is 5. The third-order valence-corrected chi connectivity index (χ3v) is 9.18. The third kappa shape index (κ3) is 3.95. The van der Waals surface area contributed by atoms with Gasteiger partial charge in [0, 0.05) is 18.8 Å². The topological polar surface area (TPSA) is 52.6 Å². The highest BCUT2D eigenvalue weighted by atomic mass is 19.4. The van der Waals surface area contributed by atoms with Crippen LogP contribution in [0.2, 0.25) is 0 Å². The maximum absolute atomic E-state index is 13.9. The molecular formula is C25H29F7O4. The van der Waals surface area contributed by atoms with E-state index >= 15 is 0 Å². The summed E-state index contributed by atoms with van der Waals surface area (Å²) in [5.74, 6) is -14.9. The van der Waals surface area contributed by atoms with Gasteiger partial charge in [0.25, 0.3) is 0 Å². The van der Waals surface area contributed by atoms with E-state index in [0.717, 1.165) is 12.0 Å². The summed E-state index contributed by atoms with van der Waals surface area (Å²) in [6.45, 7) is 5.23. The summed E-state index contributed by atoms with van der Waals surface area (Å²) < 4.78 is 102. The Morgan fingerprint density at radius 2 is 1.64 bits per heavy atom. The number of rotatable bonds is 4. The van der Waals surface area contributed by atoms with Gasteiger partial charge in [-0.1, -0.05) is 19.9 Å². The Kier molecular flexibility index (Phi) is 6.35. The van der Waals surface area contributed by atoms with E-state index in [1.165, 1.54) is 6.92 Å². The molecular weight excluding hydrogens is 497 g/mol. The molecule has 2 fully saturated rings. The van der Waals surface area contributed by atoms with Crippen LogP contribution in [0.25, 0.3) is 0 Å². The van der Waals surface area contributed by atoms with E-state index in [1.54, 1.807) is 6.92 Å². The Morgan fingerprint density at radius 3 is 2.25 bits per heavy atom. The van der Waals surface area contributed by atoms with E-state index in [-0.39, 0.29) is 29.6 Å². The fourth-order valence-corrected chi connectivity index (χ4v) is 7.22. The summed E-state index contributed by atoms with van der Waals surface area (Å²) in [5, 5.41) is 0. The molecule has 0 bridgehead atoms. The molecule has 2 saturated carbocycles. The third-order valence-electron chi connectivity index (χ3n) is 9.18. The van der Waals surface area contributed by atoms with Crippen molar-refractivity contribution in [2.45, 2.75) is 89.8 Å². The van der Waals surface area contributed by atoms with E-state index < -0.39 is 41.5 Å². The predicted octanol–water partition coefficient (Wildman–Crippen LogP) is 6.75. The van der Waals surface area contributed by atoms with Crippen LogP contribution < -0.4 is 0 Å².